The Hall–Kier alpha value is -0.820. The van der Waals surface area contributed by atoms with Gasteiger partial charge in [0.05, 0.1) is 0 Å². The standard InChI is InChI=1S/C17H31N/c1-5-6-7-8-9-10-11-12-15(2)13-14-16(3)17(4)18/h7-8,17H,2-3,5-6,9-14,18H2,1,4H3/b8-7-. The summed E-state index contributed by atoms with van der Waals surface area (Å²) < 4.78 is 0. The van der Waals surface area contributed by atoms with Crippen molar-refractivity contribution in [1.82, 2.24) is 0 Å². The molecule has 18 heavy (non-hydrogen) atoms. The zero-order chi connectivity index (χ0) is 13.8. The molecule has 0 bridgehead atoms. The number of hydrogen-bond acceptors (Lipinski definition) is 1. The maximum Gasteiger partial charge on any atom is 0.0222 e. The topological polar surface area (TPSA) is 26.0 Å². The van der Waals surface area contributed by atoms with Gasteiger partial charge in [0.1, 0.15) is 0 Å². The molecule has 1 atom stereocenters. The van der Waals surface area contributed by atoms with Crippen molar-refractivity contribution in [3.05, 3.63) is 36.5 Å². The first-order chi connectivity index (χ1) is 8.57. The van der Waals surface area contributed by atoms with Crippen LogP contribution in [0.3, 0.4) is 0 Å². The summed E-state index contributed by atoms with van der Waals surface area (Å²) in [7, 11) is 0. The number of unbranched alkanes of at least 4 members (excludes halogenated alkanes) is 3. The Bertz CT molecular complexity index is 261. The van der Waals surface area contributed by atoms with Crippen molar-refractivity contribution in [2.24, 2.45) is 5.73 Å². The highest BCUT2D eigenvalue weighted by Crippen LogP contribution is 2.16. The van der Waals surface area contributed by atoms with Crippen LogP contribution < -0.4 is 5.73 Å². The lowest BCUT2D eigenvalue weighted by molar-refractivity contribution is 0.704. The van der Waals surface area contributed by atoms with E-state index in [0.29, 0.717) is 0 Å². The fourth-order valence-electron chi connectivity index (χ4n) is 1.73. The van der Waals surface area contributed by atoms with Gasteiger partial charge in [-0.05, 0) is 51.9 Å². The lowest BCUT2D eigenvalue weighted by Crippen LogP contribution is -2.17. The maximum absolute atomic E-state index is 5.76. The van der Waals surface area contributed by atoms with E-state index in [1.165, 1.54) is 37.7 Å². The van der Waals surface area contributed by atoms with Gasteiger partial charge in [-0.15, -0.1) is 0 Å². The van der Waals surface area contributed by atoms with Crippen LogP contribution >= 0.6 is 0 Å². The third kappa shape index (κ3) is 10.3. The van der Waals surface area contributed by atoms with Crippen LogP contribution in [0.25, 0.3) is 0 Å². The van der Waals surface area contributed by atoms with Crippen molar-refractivity contribution in [1.29, 1.82) is 0 Å². The average Bonchev–Trinajstić information content (AvgIpc) is 2.34. The first-order valence-electron chi connectivity index (χ1n) is 7.32. The van der Waals surface area contributed by atoms with Crippen LogP contribution in [-0.2, 0) is 0 Å². The van der Waals surface area contributed by atoms with Crippen LogP contribution in [0.15, 0.2) is 36.5 Å². The largest absolute Gasteiger partial charge is 0.324 e. The summed E-state index contributed by atoms with van der Waals surface area (Å²) >= 11 is 0. The summed E-state index contributed by atoms with van der Waals surface area (Å²) in [5.74, 6) is 0. The smallest absolute Gasteiger partial charge is 0.0222 e. The third-order valence-electron chi connectivity index (χ3n) is 3.22. The lowest BCUT2D eigenvalue weighted by Gasteiger charge is -2.10. The van der Waals surface area contributed by atoms with Crippen LogP contribution in [0.1, 0.15) is 65.2 Å². The first-order valence-corrected chi connectivity index (χ1v) is 7.32. The summed E-state index contributed by atoms with van der Waals surface area (Å²) in [5, 5.41) is 0. The average molecular weight is 249 g/mol. The van der Waals surface area contributed by atoms with Gasteiger partial charge in [-0.1, -0.05) is 49.8 Å². The molecule has 1 nitrogen and oxygen atoms in total. The van der Waals surface area contributed by atoms with Crippen molar-refractivity contribution in [2.75, 3.05) is 0 Å². The fraction of sp³-hybridized carbons (Fsp3) is 0.647. The highest BCUT2D eigenvalue weighted by atomic mass is 14.6. The van der Waals surface area contributed by atoms with Gasteiger partial charge < -0.3 is 5.73 Å². The van der Waals surface area contributed by atoms with Gasteiger partial charge in [0.25, 0.3) is 0 Å². The highest BCUT2D eigenvalue weighted by molar-refractivity contribution is 5.06. The van der Waals surface area contributed by atoms with Crippen LogP contribution in [-0.4, -0.2) is 6.04 Å². The molecule has 1 heteroatoms. The Morgan fingerprint density at radius 3 is 2.33 bits per heavy atom. The third-order valence-corrected chi connectivity index (χ3v) is 3.22. The predicted octanol–water partition coefficient (Wildman–Crippen LogP) is 5.14. The van der Waals surface area contributed by atoms with Gasteiger partial charge in [0, 0.05) is 6.04 Å². The molecule has 0 saturated carbocycles. The number of rotatable bonds is 11. The molecule has 0 rings (SSSR count). The molecule has 0 aromatic rings. The number of nitrogens with two attached hydrogens (primary N) is 1. The van der Waals surface area contributed by atoms with Crippen LogP contribution in [0.5, 0.6) is 0 Å². The van der Waals surface area contributed by atoms with Gasteiger partial charge in [-0.2, -0.15) is 0 Å². The summed E-state index contributed by atoms with van der Waals surface area (Å²) in [6, 6.07) is 0.113. The van der Waals surface area contributed by atoms with E-state index >= 15 is 0 Å². The lowest BCUT2D eigenvalue weighted by atomic mass is 9.99. The number of hydrogen-bond donors (Lipinski definition) is 1. The normalized spacial score (nSPS) is 12.8. The van der Waals surface area contributed by atoms with E-state index in [2.05, 4.69) is 32.2 Å². The molecule has 0 aliphatic rings. The SMILES string of the molecule is C=C(CCCC/C=C\CCC)CCC(=C)C(C)N. The zero-order valence-corrected chi connectivity index (χ0v) is 12.4. The monoisotopic (exact) mass is 249 g/mol. The Labute approximate surface area is 114 Å². The van der Waals surface area contributed by atoms with E-state index in [1.54, 1.807) is 0 Å². The Balaban J connectivity index is 3.45. The quantitative estimate of drug-likeness (QED) is 0.398. The van der Waals surface area contributed by atoms with Crippen molar-refractivity contribution in [2.45, 2.75) is 71.3 Å². The fourth-order valence-corrected chi connectivity index (χ4v) is 1.73. The van der Waals surface area contributed by atoms with E-state index < -0.39 is 0 Å². The molecule has 104 valence electrons. The summed E-state index contributed by atoms with van der Waals surface area (Å²) in [6.07, 6.45) is 14.0. The minimum absolute atomic E-state index is 0.113. The number of allylic oxidation sites excluding steroid dienone is 3. The second-order valence-corrected chi connectivity index (χ2v) is 5.20. The highest BCUT2D eigenvalue weighted by Gasteiger charge is 2.01. The van der Waals surface area contributed by atoms with Crippen LogP contribution in [0.4, 0.5) is 0 Å². The van der Waals surface area contributed by atoms with Crippen molar-refractivity contribution >= 4 is 0 Å². The van der Waals surface area contributed by atoms with E-state index in [-0.39, 0.29) is 6.04 Å². The van der Waals surface area contributed by atoms with E-state index in [1.807, 2.05) is 6.92 Å². The molecule has 0 aliphatic carbocycles. The minimum atomic E-state index is 0.113. The molecule has 0 heterocycles. The van der Waals surface area contributed by atoms with Crippen LogP contribution in [0.2, 0.25) is 0 Å². The molecular weight excluding hydrogens is 218 g/mol. The van der Waals surface area contributed by atoms with Gasteiger partial charge in [-0.3, -0.25) is 0 Å². The summed E-state index contributed by atoms with van der Waals surface area (Å²) in [4.78, 5) is 0. The van der Waals surface area contributed by atoms with E-state index in [9.17, 15) is 0 Å². The Kier molecular flexibility index (Phi) is 10.8. The van der Waals surface area contributed by atoms with Gasteiger partial charge in [-0.25, -0.2) is 0 Å². The Morgan fingerprint density at radius 2 is 1.72 bits per heavy atom. The Morgan fingerprint density at radius 1 is 1.06 bits per heavy atom. The van der Waals surface area contributed by atoms with Crippen LogP contribution in [0, 0.1) is 0 Å². The van der Waals surface area contributed by atoms with Gasteiger partial charge >= 0.3 is 0 Å². The van der Waals surface area contributed by atoms with Crippen molar-refractivity contribution in [3.63, 3.8) is 0 Å². The molecule has 0 fully saturated rings. The molecule has 0 aromatic heterocycles. The van der Waals surface area contributed by atoms with Gasteiger partial charge in [0.2, 0.25) is 0 Å². The molecule has 0 spiro atoms. The molecule has 0 saturated heterocycles. The molecule has 0 amide bonds. The molecular formula is C17H31N. The molecule has 0 aliphatic heterocycles. The van der Waals surface area contributed by atoms with Gasteiger partial charge in [0.15, 0.2) is 0 Å². The molecule has 0 aromatic carbocycles. The van der Waals surface area contributed by atoms with Crippen molar-refractivity contribution in [3.8, 4) is 0 Å². The molecule has 0 radical (unpaired) electrons. The maximum atomic E-state index is 5.76. The second-order valence-electron chi connectivity index (χ2n) is 5.20. The predicted molar refractivity (Wildman–Crippen MR) is 83.7 cm³/mol. The summed E-state index contributed by atoms with van der Waals surface area (Å²) in [6.45, 7) is 12.3. The summed E-state index contributed by atoms with van der Waals surface area (Å²) in [5.41, 5.74) is 8.24. The second kappa shape index (κ2) is 11.3. The minimum Gasteiger partial charge on any atom is -0.324 e. The van der Waals surface area contributed by atoms with E-state index in [4.69, 9.17) is 5.73 Å². The molecule has 2 N–H and O–H groups in total. The first kappa shape index (κ1) is 17.2. The zero-order valence-electron chi connectivity index (χ0n) is 12.4. The van der Waals surface area contributed by atoms with E-state index in [0.717, 1.165) is 24.8 Å². The van der Waals surface area contributed by atoms with Crippen molar-refractivity contribution < 1.29 is 0 Å². The molecule has 1 unspecified atom stereocenters.